The zero-order valence-corrected chi connectivity index (χ0v) is 36.5. The molecule has 3 nitrogen and oxygen atoms in total. The lowest BCUT2D eigenvalue weighted by atomic mass is 9.64. The summed E-state index contributed by atoms with van der Waals surface area (Å²) in [5.74, 6) is 0.903. The Balaban J connectivity index is 0.000000209. The zero-order valence-electron chi connectivity index (χ0n) is 36.5. The standard InChI is InChI=1S/C46H33N.C16H14N2/c1-2-28-12-11-17-31-36(28)24-29-22-23-30(25-37(29)31)47-44-21-10-6-16-35(44)39-26-43-38(27-45(39)47)34-15-5-9-20-42(34)46(43)40-18-7-3-13-32(40)33-14-4-8-19-41(33)46;1-13(14-9-5-3-6-10-14)18-16(17-2)15-11-7-4-8-12-15/h3-23,25,27,43H,2,24,26H2,1H3;3-12H,1-2H2. The van der Waals surface area contributed by atoms with Gasteiger partial charge in [-0.05, 0) is 128 Å². The Bertz CT molecular complexity index is 3410. The number of aliphatic imine (C=N–C) groups is 2. The summed E-state index contributed by atoms with van der Waals surface area (Å²) in [4.78, 5) is 8.39. The Hall–Kier alpha value is -7.88. The molecule has 1 spiro atoms. The van der Waals surface area contributed by atoms with Crippen molar-refractivity contribution in [3.05, 3.63) is 262 Å². The average Bonchev–Trinajstić information content (AvgIpc) is 4.09. The first-order valence-electron chi connectivity index (χ1n) is 22.8. The Morgan fingerprint density at radius 3 is 1.89 bits per heavy atom. The molecule has 0 N–H and O–H groups in total. The summed E-state index contributed by atoms with van der Waals surface area (Å²) in [7, 11) is 0. The van der Waals surface area contributed by atoms with E-state index in [2.05, 4.69) is 174 Å². The van der Waals surface area contributed by atoms with Crippen molar-refractivity contribution in [2.75, 3.05) is 0 Å². The lowest BCUT2D eigenvalue weighted by Crippen LogP contribution is -2.34. The topological polar surface area (TPSA) is 29.6 Å². The summed E-state index contributed by atoms with van der Waals surface area (Å²) >= 11 is 0. The highest BCUT2D eigenvalue weighted by Gasteiger charge is 2.57. The first-order valence-corrected chi connectivity index (χ1v) is 22.8. The number of aromatic nitrogens is 1. The van der Waals surface area contributed by atoms with Gasteiger partial charge >= 0.3 is 0 Å². The zero-order chi connectivity index (χ0) is 43.6. The predicted octanol–water partition coefficient (Wildman–Crippen LogP) is 14.6. The molecule has 310 valence electrons. The van der Waals surface area contributed by atoms with E-state index in [1.165, 1.54) is 94.6 Å². The van der Waals surface area contributed by atoms with E-state index in [0.717, 1.165) is 30.4 Å². The molecule has 0 saturated carbocycles. The van der Waals surface area contributed by atoms with Gasteiger partial charge in [0.15, 0.2) is 5.84 Å². The molecule has 0 bridgehead atoms. The van der Waals surface area contributed by atoms with Gasteiger partial charge in [-0.3, -0.25) is 0 Å². The van der Waals surface area contributed by atoms with Gasteiger partial charge in [-0.1, -0.05) is 189 Å². The first kappa shape index (κ1) is 38.8. The molecule has 65 heavy (non-hydrogen) atoms. The van der Waals surface area contributed by atoms with E-state index in [1.807, 2.05) is 60.7 Å². The molecule has 4 aliphatic carbocycles. The maximum absolute atomic E-state index is 4.43. The number of aryl methyl sites for hydroxylation is 1. The van der Waals surface area contributed by atoms with E-state index in [0.29, 0.717) is 17.5 Å². The molecular weight excluding hydrogens is 787 g/mol. The van der Waals surface area contributed by atoms with E-state index in [9.17, 15) is 0 Å². The summed E-state index contributed by atoms with van der Waals surface area (Å²) in [6, 6.07) is 70.4. The minimum absolute atomic E-state index is 0.204. The van der Waals surface area contributed by atoms with Crippen LogP contribution in [0.25, 0.3) is 56.2 Å². The maximum Gasteiger partial charge on any atom is 0.159 e. The molecule has 0 radical (unpaired) electrons. The SMILES string of the molecule is C=NC(=NC(=C)c1ccccc1)c1ccccc1.CCc1cccc2c1Cc1ccc(-n3c4c(c5ccccc53)CC3C(=C4)c4ccccc4C34c3ccccc3-c3ccccc34)cc1-2. The van der Waals surface area contributed by atoms with Gasteiger partial charge in [0.2, 0.25) is 0 Å². The van der Waals surface area contributed by atoms with Crippen LogP contribution in [0, 0.1) is 5.92 Å². The molecule has 1 aromatic heterocycles. The minimum atomic E-state index is -0.204. The van der Waals surface area contributed by atoms with Gasteiger partial charge in [0.05, 0.1) is 22.3 Å². The van der Waals surface area contributed by atoms with Gasteiger partial charge in [-0.25, -0.2) is 9.98 Å². The number of hydrogen-bond donors (Lipinski definition) is 0. The number of para-hydroxylation sites is 1. The molecule has 4 aliphatic rings. The van der Waals surface area contributed by atoms with Crippen LogP contribution >= 0.6 is 0 Å². The van der Waals surface area contributed by atoms with Crippen LogP contribution in [0.3, 0.4) is 0 Å². The van der Waals surface area contributed by atoms with Crippen LogP contribution in [0.5, 0.6) is 0 Å². The summed E-state index contributed by atoms with van der Waals surface area (Å²) in [6.45, 7) is 9.80. The highest BCUT2D eigenvalue weighted by atomic mass is 15.0. The molecule has 0 saturated heterocycles. The number of nitrogens with zero attached hydrogens (tertiary/aromatic N) is 3. The second kappa shape index (κ2) is 15.4. The lowest BCUT2D eigenvalue weighted by Gasteiger charge is -2.37. The molecular formula is C62H47N3. The average molecular weight is 834 g/mol. The van der Waals surface area contributed by atoms with E-state index in [1.54, 1.807) is 0 Å². The van der Waals surface area contributed by atoms with Crippen molar-refractivity contribution in [2.45, 2.75) is 31.6 Å². The van der Waals surface area contributed by atoms with Crippen LogP contribution in [0.1, 0.15) is 68.3 Å². The van der Waals surface area contributed by atoms with Gasteiger partial charge in [0.1, 0.15) is 0 Å². The van der Waals surface area contributed by atoms with Crippen molar-refractivity contribution in [3.8, 4) is 27.9 Å². The molecule has 8 aromatic carbocycles. The third kappa shape index (κ3) is 5.89. The second-order valence-corrected chi connectivity index (χ2v) is 17.6. The number of amidine groups is 1. The Labute approximate surface area is 381 Å². The molecule has 0 aliphatic heterocycles. The van der Waals surface area contributed by atoms with Crippen molar-refractivity contribution in [1.82, 2.24) is 4.57 Å². The van der Waals surface area contributed by atoms with Crippen LogP contribution in [0.4, 0.5) is 0 Å². The largest absolute Gasteiger partial charge is 0.310 e. The van der Waals surface area contributed by atoms with Gasteiger partial charge < -0.3 is 4.57 Å². The van der Waals surface area contributed by atoms with Crippen LogP contribution in [-0.4, -0.2) is 17.1 Å². The third-order valence-electron chi connectivity index (χ3n) is 14.5. The minimum Gasteiger partial charge on any atom is -0.310 e. The molecule has 1 heterocycles. The molecule has 9 aromatic rings. The highest BCUT2D eigenvalue weighted by Crippen LogP contribution is 2.66. The van der Waals surface area contributed by atoms with E-state index >= 15 is 0 Å². The van der Waals surface area contributed by atoms with Crippen LogP contribution in [-0.2, 0) is 24.7 Å². The van der Waals surface area contributed by atoms with Crippen LogP contribution < -0.4 is 0 Å². The van der Waals surface area contributed by atoms with E-state index in [-0.39, 0.29) is 5.41 Å². The van der Waals surface area contributed by atoms with Gasteiger partial charge in [0, 0.05) is 22.6 Å². The van der Waals surface area contributed by atoms with Gasteiger partial charge in [-0.15, -0.1) is 0 Å². The number of allylic oxidation sites excluding steroid dienone is 1. The first-order chi connectivity index (χ1) is 32.1. The number of rotatable bonds is 5. The predicted molar refractivity (Wildman–Crippen MR) is 272 cm³/mol. The van der Waals surface area contributed by atoms with Crippen molar-refractivity contribution >= 4 is 40.8 Å². The molecule has 0 amide bonds. The van der Waals surface area contributed by atoms with Crippen molar-refractivity contribution in [3.63, 3.8) is 0 Å². The van der Waals surface area contributed by atoms with E-state index < -0.39 is 0 Å². The Morgan fingerprint density at radius 2 is 1.20 bits per heavy atom. The fourth-order valence-corrected chi connectivity index (χ4v) is 11.7. The summed E-state index contributed by atoms with van der Waals surface area (Å²) in [5, 5.41) is 1.37. The monoisotopic (exact) mass is 833 g/mol. The summed E-state index contributed by atoms with van der Waals surface area (Å²) in [5.41, 5.74) is 25.0. The highest BCUT2D eigenvalue weighted by molar-refractivity contribution is 6.04. The van der Waals surface area contributed by atoms with Gasteiger partial charge in [-0.2, -0.15) is 0 Å². The van der Waals surface area contributed by atoms with Crippen molar-refractivity contribution < 1.29 is 0 Å². The summed E-state index contributed by atoms with van der Waals surface area (Å²) < 4.78 is 2.56. The number of benzene rings is 8. The van der Waals surface area contributed by atoms with Gasteiger partial charge in [0.25, 0.3) is 0 Å². The molecule has 1 atom stereocenters. The molecule has 13 rings (SSSR count). The fourth-order valence-electron chi connectivity index (χ4n) is 11.7. The van der Waals surface area contributed by atoms with Crippen LogP contribution in [0.15, 0.2) is 211 Å². The molecule has 0 fully saturated rings. The van der Waals surface area contributed by atoms with Crippen LogP contribution in [0.2, 0.25) is 0 Å². The van der Waals surface area contributed by atoms with Crippen molar-refractivity contribution in [2.24, 2.45) is 15.9 Å². The number of hydrogen-bond acceptors (Lipinski definition) is 1. The molecule has 1 unspecified atom stereocenters. The smallest absolute Gasteiger partial charge is 0.159 e. The molecule has 3 heteroatoms. The normalized spacial score (nSPS) is 15.4. The third-order valence-corrected chi connectivity index (χ3v) is 14.5. The Morgan fingerprint density at radius 1 is 0.600 bits per heavy atom. The fraction of sp³-hybridized carbons (Fsp3) is 0.0968. The van der Waals surface area contributed by atoms with E-state index in [4.69, 9.17) is 0 Å². The maximum atomic E-state index is 4.43. The van der Waals surface area contributed by atoms with Crippen molar-refractivity contribution in [1.29, 1.82) is 0 Å². The quantitative estimate of drug-likeness (QED) is 0.122. The summed E-state index contributed by atoms with van der Waals surface area (Å²) in [6.07, 6.45) is 5.68. The lowest BCUT2D eigenvalue weighted by molar-refractivity contribution is 0.488. The second-order valence-electron chi connectivity index (χ2n) is 17.6. The number of fused-ring (bicyclic) bond motifs is 16. The Kier molecular flexibility index (Phi) is 9.20.